The number of likely N-dealkylation sites (tertiary alicyclic amines) is 1. The normalized spacial score (nSPS) is 23.5. The summed E-state index contributed by atoms with van der Waals surface area (Å²) in [7, 11) is 3.83. The first-order valence-corrected chi connectivity index (χ1v) is 8.91. The van der Waals surface area contributed by atoms with Crippen LogP contribution in [-0.4, -0.2) is 55.0 Å². The summed E-state index contributed by atoms with van der Waals surface area (Å²) < 4.78 is 11.0. The van der Waals surface area contributed by atoms with Crippen molar-refractivity contribution in [3.05, 3.63) is 42.2 Å². The minimum Gasteiger partial charge on any atom is -0.497 e. The molecule has 1 aromatic carbocycles. The molecule has 2 aliphatic heterocycles. The third kappa shape index (κ3) is 3.04. The van der Waals surface area contributed by atoms with Gasteiger partial charge in [-0.15, -0.1) is 0 Å². The molecule has 5 heteroatoms. The van der Waals surface area contributed by atoms with Crippen LogP contribution < -0.4 is 4.74 Å². The topological polar surface area (TPSA) is 45.9 Å². The molecule has 132 valence electrons. The number of furan rings is 1. The van der Waals surface area contributed by atoms with E-state index in [1.807, 2.05) is 35.2 Å². The van der Waals surface area contributed by atoms with Gasteiger partial charge in [0.25, 0.3) is 5.91 Å². The number of benzene rings is 1. The minimum atomic E-state index is 0.000659. The summed E-state index contributed by atoms with van der Waals surface area (Å²) in [4.78, 5) is 17.3. The van der Waals surface area contributed by atoms with Crippen molar-refractivity contribution in [3.8, 4) is 17.1 Å². The van der Waals surface area contributed by atoms with Crippen LogP contribution >= 0.6 is 0 Å². The van der Waals surface area contributed by atoms with Gasteiger partial charge < -0.3 is 14.1 Å². The van der Waals surface area contributed by atoms with Gasteiger partial charge in [-0.05, 0) is 62.7 Å². The van der Waals surface area contributed by atoms with Crippen LogP contribution in [0.15, 0.2) is 40.8 Å². The van der Waals surface area contributed by atoms with Crippen LogP contribution in [0, 0.1) is 0 Å². The Labute approximate surface area is 148 Å². The SMILES string of the molecule is COc1ccc(-c2ccc(C(=O)N3CC[C@H]4CC[C@@H](C3)N4C)o2)cc1. The molecule has 0 spiro atoms. The molecule has 25 heavy (non-hydrogen) atoms. The molecule has 1 aromatic heterocycles. The smallest absolute Gasteiger partial charge is 0.289 e. The fourth-order valence-electron chi connectivity index (χ4n) is 4.01. The first-order valence-electron chi connectivity index (χ1n) is 8.91. The number of likely N-dealkylation sites (N-methyl/N-ethyl adjacent to an activating group) is 1. The van der Waals surface area contributed by atoms with Gasteiger partial charge in [-0.25, -0.2) is 0 Å². The van der Waals surface area contributed by atoms with Gasteiger partial charge in [-0.2, -0.15) is 0 Å². The van der Waals surface area contributed by atoms with Crippen molar-refractivity contribution in [2.24, 2.45) is 0 Å². The molecule has 0 aliphatic carbocycles. The van der Waals surface area contributed by atoms with Crippen molar-refractivity contribution in [1.29, 1.82) is 0 Å². The quantitative estimate of drug-likeness (QED) is 0.860. The molecule has 2 fully saturated rings. The summed E-state index contributed by atoms with van der Waals surface area (Å²) >= 11 is 0. The van der Waals surface area contributed by atoms with Crippen LogP contribution in [0.3, 0.4) is 0 Å². The number of nitrogens with zero attached hydrogens (tertiary/aromatic N) is 2. The Morgan fingerprint density at radius 2 is 1.84 bits per heavy atom. The van der Waals surface area contributed by atoms with E-state index < -0.39 is 0 Å². The average Bonchev–Trinajstić information content (AvgIpc) is 3.20. The highest BCUT2D eigenvalue weighted by Gasteiger charge is 2.36. The summed E-state index contributed by atoms with van der Waals surface area (Å²) in [5, 5.41) is 0. The molecule has 2 saturated heterocycles. The molecule has 0 radical (unpaired) electrons. The van der Waals surface area contributed by atoms with Crippen LogP contribution in [0.1, 0.15) is 29.8 Å². The Morgan fingerprint density at radius 3 is 2.60 bits per heavy atom. The summed E-state index contributed by atoms with van der Waals surface area (Å²) in [6, 6.07) is 12.4. The zero-order valence-corrected chi connectivity index (χ0v) is 14.8. The number of methoxy groups -OCH3 is 1. The van der Waals surface area contributed by atoms with E-state index in [2.05, 4.69) is 11.9 Å². The predicted octanol–water partition coefficient (Wildman–Crippen LogP) is 3.26. The number of hydrogen-bond acceptors (Lipinski definition) is 4. The summed E-state index contributed by atoms with van der Waals surface area (Å²) in [5.74, 6) is 1.93. The van der Waals surface area contributed by atoms with E-state index in [9.17, 15) is 4.79 Å². The highest BCUT2D eigenvalue weighted by atomic mass is 16.5. The lowest BCUT2D eigenvalue weighted by Crippen LogP contribution is -2.39. The van der Waals surface area contributed by atoms with Crippen LogP contribution in [-0.2, 0) is 0 Å². The zero-order chi connectivity index (χ0) is 17.4. The molecule has 2 atom stereocenters. The molecule has 0 N–H and O–H groups in total. The molecular formula is C20H24N2O3. The highest BCUT2D eigenvalue weighted by Crippen LogP contribution is 2.30. The fraction of sp³-hybridized carbons (Fsp3) is 0.450. The van der Waals surface area contributed by atoms with Crippen LogP contribution in [0.5, 0.6) is 5.75 Å². The van der Waals surface area contributed by atoms with Gasteiger partial charge in [0.1, 0.15) is 11.5 Å². The van der Waals surface area contributed by atoms with E-state index in [1.54, 1.807) is 13.2 Å². The maximum Gasteiger partial charge on any atom is 0.289 e. The fourth-order valence-corrected chi connectivity index (χ4v) is 4.01. The third-order valence-corrected chi connectivity index (χ3v) is 5.63. The maximum atomic E-state index is 12.9. The first-order chi connectivity index (χ1) is 12.2. The van der Waals surface area contributed by atoms with Gasteiger partial charge >= 0.3 is 0 Å². The molecule has 2 aromatic rings. The molecular weight excluding hydrogens is 316 g/mol. The predicted molar refractivity (Wildman–Crippen MR) is 95.8 cm³/mol. The Hall–Kier alpha value is -2.27. The Morgan fingerprint density at radius 1 is 1.08 bits per heavy atom. The largest absolute Gasteiger partial charge is 0.497 e. The molecule has 2 aliphatic rings. The Kier molecular flexibility index (Phi) is 4.25. The van der Waals surface area contributed by atoms with Gasteiger partial charge in [0.05, 0.1) is 7.11 Å². The lowest BCUT2D eigenvalue weighted by Gasteiger charge is -2.25. The number of fused-ring (bicyclic) bond motifs is 2. The Balaban J connectivity index is 1.50. The van der Waals surface area contributed by atoms with Gasteiger partial charge in [0.2, 0.25) is 0 Å². The van der Waals surface area contributed by atoms with Crippen LogP contribution in [0.25, 0.3) is 11.3 Å². The maximum absolute atomic E-state index is 12.9. The van der Waals surface area contributed by atoms with Gasteiger partial charge in [-0.3, -0.25) is 9.69 Å². The van der Waals surface area contributed by atoms with Crippen molar-refractivity contribution < 1.29 is 13.9 Å². The van der Waals surface area contributed by atoms with Crippen molar-refractivity contribution >= 4 is 5.91 Å². The Bertz CT molecular complexity index is 753. The molecule has 0 unspecified atom stereocenters. The van der Waals surface area contributed by atoms with E-state index in [4.69, 9.17) is 9.15 Å². The lowest BCUT2D eigenvalue weighted by molar-refractivity contribution is 0.0709. The van der Waals surface area contributed by atoms with Crippen molar-refractivity contribution in [1.82, 2.24) is 9.80 Å². The minimum absolute atomic E-state index is 0.000659. The summed E-state index contributed by atoms with van der Waals surface area (Å²) in [5.41, 5.74) is 0.939. The number of ether oxygens (including phenoxy) is 1. The van der Waals surface area contributed by atoms with Crippen molar-refractivity contribution in [2.75, 3.05) is 27.2 Å². The van der Waals surface area contributed by atoms with Gasteiger partial charge in [0, 0.05) is 30.7 Å². The number of carbonyl (C=O) groups is 1. The molecule has 3 heterocycles. The third-order valence-electron chi connectivity index (χ3n) is 5.63. The lowest BCUT2D eigenvalue weighted by atomic mass is 10.1. The van der Waals surface area contributed by atoms with E-state index in [1.165, 1.54) is 12.8 Å². The molecule has 0 saturated carbocycles. The van der Waals surface area contributed by atoms with Crippen LogP contribution in [0.4, 0.5) is 0 Å². The first kappa shape index (κ1) is 16.2. The molecule has 4 rings (SSSR count). The molecule has 1 amide bonds. The molecule has 5 nitrogen and oxygen atoms in total. The van der Waals surface area contributed by atoms with E-state index in [0.29, 0.717) is 23.6 Å². The molecule has 2 bridgehead atoms. The zero-order valence-electron chi connectivity index (χ0n) is 14.8. The number of carbonyl (C=O) groups excluding carboxylic acids is 1. The van der Waals surface area contributed by atoms with Crippen molar-refractivity contribution in [3.63, 3.8) is 0 Å². The number of amides is 1. The second-order valence-electron chi connectivity index (χ2n) is 6.98. The second-order valence-corrected chi connectivity index (χ2v) is 6.98. The van der Waals surface area contributed by atoms with E-state index in [-0.39, 0.29) is 5.91 Å². The number of rotatable bonds is 3. The van der Waals surface area contributed by atoms with E-state index >= 15 is 0 Å². The summed E-state index contributed by atoms with van der Waals surface area (Å²) in [6.07, 6.45) is 3.48. The highest BCUT2D eigenvalue weighted by molar-refractivity contribution is 5.92. The summed E-state index contributed by atoms with van der Waals surface area (Å²) in [6.45, 7) is 1.60. The number of hydrogen-bond donors (Lipinski definition) is 0. The monoisotopic (exact) mass is 340 g/mol. The van der Waals surface area contributed by atoms with Crippen LogP contribution in [0.2, 0.25) is 0 Å². The van der Waals surface area contributed by atoms with Crippen molar-refractivity contribution in [2.45, 2.75) is 31.3 Å². The average molecular weight is 340 g/mol. The van der Waals surface area contributed by atoms with E-state index in [0.717, 1.165) is 30.8 Å². The van der Waals surface area contributed by atoms with Gasteiger partial charge in [-0.1, -0.05) is 0 Å². The second kappa shape index (κ2) is 6.56. The van der Waals surface area contributed by atoms with Gasteiger partial charge in [0.15, 0.2) is 5.76 Å². The standard InChI is InChI=1S/C20H24N2O3/c1-21-15-5-6-16(21)13-22(12-11-15)20(23)19-10-9-18(25-19)14-3-7-17(24-2)8-4-14/h3-4,7-10,15-16H,5-6,11-13H2,1-2H3/t15-,16+/m1/s1.